The van der Waals surface area contributed by atoms with E-state index in [4.69, 9.17) is 22.1 Å². The van der Waals surface area contributed by atoms with Gasteiger partial charge in [-0.05, 0) is 27.2 Å². The molecule has 1 atom stereocenters. The molecule has 1 aromatic rings. The van der Waals surface area contributed by atoms with Gasteiger partial charge in [-0.1, -0.05) is 11.6 Å². The van der Waals surface area contributed by atoms with Crippen LogP contribution >= 0.6 is 11.6 Å². The number of carbonyl (C=O) groups excluding carboxylic acids is 1. The number of rotatable bonds is 2. The lowest BCUT2D eigenvalue weighted by Crippen LogP contribution is -2.40. The van der Waals surface area contributed by atoms with Crippen LogP contribution in [0.5, 0.6) is 0 Å². The van der Waals surface area contributed by atoms with Crippen LogP contribution in [0.2, 0.25) is 5.15 Å². The van der Waals surface area contributed by atoms with Crippen molar-refractivity contribution in [2.75, 3.05) is 23.7 Å². The molecule has 2 rings (SSSR count). The number of ether oxygens (including phenoxy) is 1. The van der Waals surface area contributed by atoms with Crippen LogP contribution in [0.25, 0.3) is 0 Å². The number of aromatic nitrogens is 3. The van der Waals surface area contributed by atoms with Gasteiger partial charge in [0.1, 0.15) is 5.60 Å². The largest absolute Gasteiger partial charge is 0.444 e. The summed E-state index contributed by atoms with van der Waals surface area (Å²) in [6.07, 6.45) is 0.342. The van der Waals surface area contributed by atoms with E-state index in [0.29, 0.717) is 19.0 Å². The van der Waals surface area contributed by atoms with Crippen molar-refractivity contribution in [1.82, 2.24) is 20.5 Å². The molecule has 1 aliphatic heterocycles. The van der Waals surface area contributed by atoms with E-state index >= 15 is 0 Å². The van der Waals surface area contributed by atoms with E-state index in [1.165, 1.54) is 0 Å². The number of nitrogens with one attached hydrogen (secondary N) is 1. The molecule has 8 nitrogen and oxygen atoms in total. The van der Waals surface area contributed by atoms with Crippen molar-refractivity contribution in [3.63, 3.8) is 0 Å². The number of anilines is 2. The molecule has 3 N–H and O–H groups in total. The van der Waals surface area contributed by atoms with Crippen molar-refractivity contribution in [2.24, 2.45) is 0 Å². The highest BCUT2D eigenvalue weighted by molar-refractivity contribution is 6.31. The van der Waals surface area contributed by atoms with Crippen LogP contribution < -0.4 is 16.0 Å². The molecule has 9 heteroatoms. The van der Waals surface area contributed by atoms with Crippen LogP contribution in [0.15, 0.2) is 0 Å². The lowest BCUT2D eigenvalue weighted by atomic mass is 10.2. The number of nitrogens with zero attached hydrogens (tertiary/aromatic N) is 4. The molecule has 0 spiro atoms. The van der Waals surface area contributed by atoms with E-state index in [9.17, 15) is 4.79 Å². The number of nitrogen functional groups attached to an aromatic ring is 1. The van der Waals surface area contributed by atoms with Crippen molar-refractivity contribution < 1.29 is 9.53 Å². The first kappa shape index (κ1) is 15.6. The third-order valence-electron chi connectivity index (χ3n) is 2.85. The Kier molecular flexibility index (Phi) is 4.36. The normalized spacial score (nSPS) is 18.7. The second-order valence-electron chi connectivity index (χ2n) is 5.87. The minimum atomic E-state index is -0.514. The van der Waals surface area contributed by atoms with Crippen molar-refractivity contribution in [1.29, 1.82) is 0 Å². The summed E-state index contributed by atoms with van der Waals surface area (Å²) in [5, 5.41) is 10.5. The highest BCUT2D eigenvalue weighted by atomic mass is 35.5. The molecule has 1 aliphatic rings. The lowest BCUT2D eigenvalue weighted by molar-refractivity contribution is 0.0509. The maximum Gasteiger partial charge on any atom is 0.407 e. The molecule has 21 heavy (non-hydrogen) atoms. The van der Waals surface area contributed by atoms with E-state index < -0.39 is 11.7 Å². The molecule has 0 unspecified atom stereocenters. The van der Waals surface area contributed by atoms with Gasteiger partial charge in [-0.25, -0.2) is 4.79 Å². The molecule has 0 aromatic carbocycles. The second kappa shape index (κ2) is 5.88. The first-order chi connectivity index (χ1) is 9.74. The van der Waals surface area contributed by atoms with E-state index in [0.717, 1.165) is 6.42 Å². The number of hydrogen-bond acceptors (Lipinski definition) is 7. The smallest absolute Gasteiger partial charge is 0.407 e. The van der Waals surface area contributed by atoms with Gasteiger partial charge in [0.2, 0.25) is 5.95 Å². The van der Waals surface area contributed by atoms with E-state index in [2.05, 4.69) is 20.5 Å². The lowest BCUT2D eigenvalue weighted by Gasteiger charge is -2.22. The molecule has 0 aliphatic carbocycles. The van der Waals surface area contributed by atoms with Crippen molar-refractivity contribution >= 4 is 29.5 Å². The van der Waals surface area contributed by atoms with Crippen molar-refractivity contribution in [3.8, 4) is 0 Å². The van der Waals surface area contributed by atoms with Crippen LogP contribution in [-0.4, -0.2) is 46.0 Å². The van der Waals surface area contributed by atoms with E-state index in [1.807, 2.05) is 25.7 Å². The molecule has 1 amide bonds. The Balaban J connectivity index is 1.91. The first-order valence-electron chi connectivity index (χ1n) is 6.65. The minimum Gasteiger partial charge on any atom is -0.444 e. The number of halogens is 1. The highest BCUT2D eigenvalue weighted by Gasteiger charge is 2.28. The first-order valence-corrected chi connectivity index (χ1v) is 7.02. The van der Waals surface area contributed by atoms with E-state index in [-0.39, 0.29) is 17.0 Å². The second-order valence-corrected chi connectivity index (χ2v) is 6.22. The standard InChI is InChI=1S/C12H19ClN6O2/c1-12(2,3)21-11(20)15-7-4-5-19(6-7)10-16-9(14)8(13)17-18-10/h7H,4-6H2,1-3H3,(H,15,20)(H2,14,16,18)/t7-/m1/s1. The molecule has 0 bridgehead atoms. The minimum absolute atomic E-state index is 0.0275. The average molecular weight is 315 g/mol. The van der Waals surface area contributed by atoms with Gasteiger partial charge in [0, 0.05) is 13.1 Å². The number of amides is 1. The van der Waals surface area contributed by atoms with Crippen LogP contribution in [0.3, 0.4) is 0 Å². The monoisotopic (exact) mass is 314 g/mol. The zero-order valence-corrected chi connectivity index (χ0v) is 13.0. The Hall–Kier alpha value is -1.83. The summed E-state index contributed by atoms with van der Waals surface area (Å²) in [6, 6.07) is -0.0275. The Labute approximate surface area is 128 Å². The van der Waals surface area contributed by atoms with Gasteiger partial charge < -0.3 is 20.7 Å². The van der Waals surface area contributed by atoms with Gasteiger partial charge in [-0.2, -0.15) is 4.98 Å². The molecule has 1 fully saturated rings. The van der Waals surface area contributed by atoms with Crippen LogP contribution in [0.4, 0.5) is 16.6 Å². The highest BCUT2D eigenvalue weighted by Crippen LogP contribution is 2.19. The number of hydrogen-bond donors (Lipinski definition) is 2. The van der Waals surface area contributed by atoms with Crippen molar-refractivity contribution in [3.05, 3.63) is 5.15 Å². The molecule has 1 aromatic heterocycles. The molecule has 1 saturated heterocycles. The van der Waals surface area contributed by atoms with Gasteiger partial charge in [0.15, 0.2) is 11.0 Å². The summed E-state index contributed by atoms with van der Waals surface area (Å²) in [5.74, 6) is 0.551. The Morgan fingerprint density at radius 1 is 1.48 bits per heavy atom. The quantitative estimate of drug-likeness (QED) is 0.845. The van der Waals surface area contributed by atoms with Gasteiger partial charge >= 0.3 is 6.09 Å². The Bertz CT molecular complexity index is 533. The van der Waals surface area contributed by atoms with Crippen LogP contribution in [0, 0.1) is 0 Å². The Morgan fingerprint density at radius 3 is 2.81 bits per heavy atom. The molecular formula is C12H19ClN6O2. The molecule has 116 valence electrons. The summed E-state index contributed by atoms with van der Waals surface area (Å²) < 4.78 is 5.23. The van der Waals surface area contributed by atoms with E-state index in [1.54, 1.807) is 0 Å². The fourth-order valence-corrected chi connectivity index (χ4v) is 2.06. The van der Waals surface area contributed by atoms with Gasteiger partial charge in [0.25, 0.3) is 0 Å². The SMILES string of the molecule is CC(C)(C)OC(=O)N[C@@H]1CCN(c2nnc(Cl)c(N)n2)C1. The summed E-state index contributed by atoms with van der Waals surface area (Å²) in [4.78, 5) is 17.7. The van der Waals surface area contributed by atoms with Crippen molar-refractivity contribution in [2.45, 2.75) is 38.8 Å². The van der Waals surface area contributed by atoms with Gasteiger partial charge in [0.05, 0.1) is 6.04 Å². The zero-order chi connectivity index (χ0) is 15.6. The number of alkyl carbamates (subject to hydrolysis) is 1. The zero-order valence-electron chi connectivity index (χ0n) is 12.3. The third kappa shape index (κ3) is 4.32. The summed E-state index contributed by atoms with van der Waals surface area (Å²) >= 11 is 5.69. The van der Waals surface area contributed by atoms with Crippen LogP contribution in [0.1, 0.15) is 27.2 Å². The average Bonchev–Trinajstić information content (AvgIpc) is 2.78. The predicted octanol–water partition coefficient (Wildman–Crippen LogP) is 1.21. The fraction of sp³-hybridized carbons (Fsp3) is 0.667. The molecule has 0 radical (unpaired) electrons. The molecule has 2 heterocycles. The fourth-order valence-electron chi connectivity index (χ4n) is 1.98. The van der Waals surface area contributed by atoms with Gasteiger partial charge in [-0.15, -0.1) is 10.2 Å². The number of carbonyl (C=O) groups is 1. The Morgan fingerprint density at radius 2 is 2.19 bits per heavy atom. The third-order valence-corrected chi connectivity index (χ3v) is 3.12. The predicted molar refractivity (Wildman–Crippen MR) is 79.2 cm³/mol. The van der Waals surface area contributed by atoms with Gasteiger partial charge in [-0.3, -0.25) is 0 Å². The maximum absolute atomic E-state index is 11.7. The van der Waals surface area contributed by atoms with Crippen LogP contribution in [-0.2, 0) is 4.74 Å². The molecular weight excluding hydrogens is 296 g/mol. The summed E-state index contributed by atoms with van der Waals surface area (Å²) in [6.45, 7) is 6.74. The molecule has 0 saturated carbocycles. The number of nitrogens with two attached hydrogens (primary N) is 1. The summed E-state index contributed by atoms with van der Waals surface area (Å²) in [5.41, 5.74) is 5.10. The summed E-state index contributed by atoms with van der Waals surface area (Å²) in [7, 11) is 0. The topological polar surface area (TPSA) is 106 Å². The maximum atomic E-state index is 11.7.